The number of nitrogens with one attached hydrogen (secondary N) is 1. The molecular weight excluding hydrogens is 256 g/mol. The Hall–Kier alpha value is -1.63. The van der Waals surface area contributed by atoms with Gasteiger partial charge in [0.2, 0.25) is 0 Å². The van der Waals surface area contributed by atoms with Crippen LogP contribution in [-0.4, -0.2) is 28.8 Å². The van der Waals surface area contributed by atoms with Gasteiger partial charge in [-0.2, -0.15) is 0 Å². The molecule has 100 valence electrons. The van der Waals surface area contributed by atoms with Gasteiger partial charge in [-0.05, 0) is 12.8 Å². The zero-order chi connectivity index (χ0) is 13.7. The van der Waals surface area contributed by atoms with Crippen LogP contribution in [0.15, 0.2) is 0 Å². The Morgan fingerprint density at radius 2 is 2.17 bits per heavy atom. The molecule has 0 fully saturated rings. The van der Waals surface area contributed by atoms with E-state index in [2.05, 4.69) is 10.3 Å². The predicted octanol–water partition coefficient (Wildman–Crippen LogP) is 2.03. The molecule has 1 aromatic heterocycles. The molecule has 1 heterocycles. The number of carboxylic acid groups (broad SMARTS) is 1. The molecule has 0 aliphatic rings. The van der Waals surface area contributed by atoms with E-state index >= 15 is 0 Å². The highest BCUT2D eigenvalue weighted by Crippen LogP contribution is 2.17. The van der Waals surface area contributed by atoms with E-state index in [1.54, 1.807) is 6.92 Å². The van der Waals surface area contributed by atoms with Gasteiger partial charge < -0.3 is 15.2 Å². The third-order valence-electron chi connectivity index (χ3n) is 1.97. The number of carbonyl (C=O) groups excluding carboxylic acids is 1. The number of aromatic carboxylic acids is 1. The summed E-state index contributed by atoms with van der Waals surface area (Å²) in [5.41, 5.74) is 0.458. The van der Waals surface area contributed by atoms with E-state index in [-0.39, 0.29) is 17.3 Å². The molecule has 0 aliphatic heterocycles. The molecule has 18 heavy (non-hydrogen) atoms. The number of carbonyl (C=O) groups is 2. The van der Waals surface area contributed by atoms with E-state index in [0.29, 0.717) is 17.3 Å². The monoisotopic (exact) mass is 272 g/mol. The van der Waals surface area contributed by atoms with Crippen molar-refractivity contribution in [3.05, 3.63) is 15.6 Å². The Morgan fingerprint density at radius 1 is 1.50 bits per heavy atom. The van der Waals surface area contributed by atoms with Crippen molar-refractivity contribution >= 4 is 23.4 Å². The quantitative estimate of drug-likeness (QED) is 0.856. The largest absolute Gasteiger partial charge is 0.477 e. The first-order valence-electron chi connectivity index (χ1n) is 5.50. The number of alkyl carbamates (subject to hydrolysis) is 1. The average molecular weight is 272 g/mol. The van der Waals surface area contributed by atoms with Crippen molar-refractivity contribution < 1.29 is 19.4 Å². The highest BCUT2D eigenvalue weighted by atomic mass is 32.1. The normalized spacial score (nSPS) is 10.4. The number of amides is 1. The maximum absolute atomic E-state index is 11.3. The summed E-state index contributed by atoms with van der Waals surface area (Å²) in [5, 5.41) is 11.9. The molecule has 1 aromatic rings. The van der Waals surface area contributed by atoms with Crippen LogP contribution in [0.3, 0.4) is 0 Å². The first-order valence-corrected chi connectivity index (χ1v) is 6.32. The first-order chi connectivity index (χ1) is 8.40. The summed E-state index contributed by atoms with van der Waals surface area (Å²) in [7, 11) is 0. The SMILES string of the molecule is Cc1nc(CNC(=O)OCC(C)C)sc1C(=O)O. The van der Waals surface area contributed by atoms with Crippen molar-refractivity contribution in [2.75, 3.05) is 6.61 Å². The average Bonchev–Trinajstić information content (AvgIpc) is 2.65. The van der Waals surface area contributed by atoms with Gasteiger partial charge in [0.1, 0.15) is 9.88 Å². The number of aromatic nitrogens is 1. The summed E-state index contributed by atoms with van der Waals surface area (Å²) in [6.07, 6.45) is -0.520. The highest BCUT2D eigenvalue weighted by Gasteiger charge is 2.14. The van der Waals surface area contributed by atoms with Crippen LogP contribution in [0.5, 0.6) is 0 Å². The van der Waals surface area contributed by atoms with Gasteiger partial charge in [0, 0.05) is 0 Å². The number of rotatable bonds is 5. The van der Waals surface area contributed by atoms with Crippen molar-refractivity contribution in [2.45, 2.75) is 27.3 Å². The summed E-state index contributed by atoms with van der Waals surface area (Å²) in [6, 6.07) is 0. The number of hydrogen-bond donors (Lipinski definition) is 2. The van der Waals surface area contributed by atoms with Gasteiger partial charge in [-0.25, -0.2) is 14.6 Å². The third-order valence-corrected chi connectivity index (χ3v) is 3.11. The van der Waals surface area contributed by atoms with Crippen LogP contribution < -0.4 is 5.32 Å². The Balaban J connectivity index is 2.46. The Labute approximate surface area is 109 Å². The van der Waals surface area contributed by atoms with Gasteiger partial charge in [-0.3, -0.25) is 0 Å². The molecule has 1 rings (SSSR count). The van der Waals surface area contributed by atoms with Crippen LogP contribution in [0, 0.1) is 12.8 Å². The van der Waals surface area contributed by atoms with E-state index in [0.717, 1.165) is 11.3 Å². The second kappa shape index (κ2) is 6.34. The van der Waals surface area contributed by atoms with Crippen molar-refractivity contribution in [1.29, 1.82) is 0 Å². The summed E-state index contributed by atoms with van der Waals surface area (Å²) >= 11 is 1.05. The second-order valence-electron chi connectivity index (χ2n) is 4.17. The maximum Gasteiger partial charge on any atom is 0.407 e. The number of thiazole rings is 1. The van der Waals surface area contributed by atoms with E-state index < -0.39 is 12.1 Å². The Kier molecular flexibility index (Phi) is 5.08. The van der Waals surface area contributed by atoms with E-state index in [4.69, 9.17) is 9.84 Å². The second-order valence-corrected chi connectivity index (χ2v) is 5.26. The van der Waals surface area contributed by atoms with Gasteiger partial charge >= 0.3 is 12.1 Å². The summed E-state index contributed by atoms with van der Waals surface area (Å²) in [6.45, 7) is 6.03. The Morgan fingerprint density at radius 3 is 2.67 bits per heavy atom. The number of nitrogens with zero attached hydrogens (tertiary/aromatic N) is 1. The fourth-order valence-electron chi connectivity index (χ4n) is 1.17. The lowest BCUT2D eigenvalue weighted by Crippen LogP contribution is -2.25. The predicted molar refractivity (Wildman–Crippen MR) is 66.8 cm³/mol. The minimum atomic E-state index is -1.00. The van der Waals surface area contributed by atoms with Gasteiger partial charge in [-0.15, -0.1) is 11.3 Å². The van der Waals surface area contributed by atoms with Gasteiger partial charge in [0.15, 0.2) is 0 Å². The highest BCUT2D eigenvalue weighted by molar-refractivity contribution is 7.13. The maximum atomic E-state index is 11.3. The summed E-state index contributed by atoms with van der Waals surface area (Å²) in [4.78, 5) is 26.3. The molecule has 0 unspecified atom stereocenters. The number of hydrogen-bond acceptors (Lipinski definition) is 5. The fraction of sp³-hybridized carbons (Fsp3) is 0.545. The minimum absolute atomic E-state index is 0.176. The number of ether oxygens (including phenoxy) is 1. The molecule has 0 saturated heterocycles. The molecule has 7 heteroatoms. The van der Waals surface area contributed by atoms with Crippen molar-refractivity contribution in [3.8, 4) is 0 Å². The molecular formula is C11H16N2O4S. The Bertz CT molecular complexity index is 442. The van der Waals surface area contributed by atoms with Crippen LogP contribution >= 0.6 is 11.3 Å². The van der Waals surface area contributed by atoms with Gasteiger partial charge in [-0.1, -0.05) is 13.8 Å². The van der Waals surface area contributed by atoms with E-state index in [9.17, 15) is 9.59 Å². The molecule has 6 nitrogen and oxygen atoms in total. The zero-order valence-electron chi connectivity index (χ0n) is 10.5. The lowest BCUT2D eigenvalue weighted by atomic mass is 10.2. The van der Waals surface area contributed by atoms with Gasteiger partial charge in [0.25, 0.3) is 0 Å². The lowest BCUT2D eigenvalue weighted by molar-refractivity contribution is 0.0701. The van der Waals surface area contributed by atoms with Crippen LogP contribution in [0.1, 0.15) is 34.2 Å². The standard InChI is InChI=1S/C11H16N2O4S/c1-6(2)5-17-11(16)12-4-8-13-7(3)9(18-8)10(14)15/h6H,4-5H2,1-3H3,(H,12,16)(H,14,15). The summed E-state index contributed by atoms with van der Waals surface area (Å²) < 4.78 is 4.92. The molecule has 0 bridgehead atoms. The number of aryl methyl sites for hydroxylation is 1. The molecule has 2 N–H and O–H groups in total. The molecule has 1 amide bonds. The van der Waals surface area contributed by atoms with Crippen LogP contribution in [0.2, 0.25) is 0 Å². The van der Waals surface area contributed by atoms with Crippen molar-refractivity contribution in [1.82, 2.24) is 10.3 Å². The summed E-state index contributed by atoms with van der Waals surface area (Å²) in [5.74, 6) is -0.727. The van der Waals surface area contributed by atoms with E-state index in [1.807, 2.05) is 13.8 Å². The molecule has 0 atom stereocenters. The van der Waals surface area contributed by atoms with Gasteiger partial charge in [0.05, 0.1) is 18.8 Å². The number of carboxylic acids is 1. The minimum Gasteiger partial charge on any atom is -0.477 e. The van der Waals surface area contributed by atoms with E-state index in [1.165, 1.54) is 0 Å². The fourth-order valence-corrected chi connectivity index (χ4v) is 2.01. The van der Waals surface area contributed by atoms with Crippen LogP contribution in [0.4, 0.5) is 4.79 Å². The molecule has 0 aliphatic carbocycles. The molecule has 0 saturated carbocycles. The van der Waals surface area contributed by atoms with Crippen molar-refractivity contribution in [2.24, 2.45) is 5.92 Å². The first kappa shape index (κ1) is 14.4. The third kappa shape index (κ3) is 4.33. The zero-order valence-corrected chi connectivity index (χ0v) is 11.3. The molecule has 0 aromatic carbocycles. The van der Waals surface area contributed by atoms with Crippen molar-refractivity contribution in [3.63, 3.8) is 0 Å². The molecule has 0 spiro atoms. The van der Waals surface area contributed by atoms with Crippen LogP contribution in [0.25, 0.3) is 0 Å². The van der Waals surface area contributed by atoms with Crippen LogP contribution in [-0.2, 0) is 11.3 Å². The topological polar surface area (TPSA) is 88.5 Å². The molecule has 0 radical (unpaired) electrons. The lowest BCUT2D eigenvalue weighted by Gasteiger charge is -2.07. The smallest absolute Gasteiger partial charge is 0.407 e.